The number of aromatic nitrogens is 3. The average molecular weight is 450 g/mol. The number of hydrogen-bond donors (Lipinski definition) is 0. The largest absolute Gasteiger partial charge is 0.486 e. The third-order valence-corrected chi connectivity index (χ3v) is 6.51. The van der Waals surface area contributed by atoms with E-state index in [2.05, 4.69) is 9.97 Å². The van der Waals surface area contributed by atoms with Gasteiger partial charge in [0.25, 0.3) is 5.56 Å². The molecule has 0 amide bonds. The number of thiazole rings is 1. The van der Waals surface area contributed by atoms with Gasteiger partial charge in [0.1, 0.15) is 28.0 Å². The molecule has 0 spiro atoms. The van der Waals surface area contributed by atoms with Gasteiger partial charge in [-0.15, -0.1) is 22.7 Å². The van der Waals surface area contributed by atoms with E-state index in [0.717, 1.165) is 26.7 Å². The van der Waals surface area contributed by atoms with E-state index < -0.39 is 0 Å². The molecular weight excluding hydrogens is 433 g/mol. The van der Waals surface area contributed by atoms with Crippen molar-refractivity contribution in [1.82, 2.24) is 14.5 Å². The van der Waals surface area contributed by atoms with Gasteiger partial charge in [0, 0.05) is 16.3 Å². The molecule has 2 aromatic carbocycles. The lowest BCUT2D eigenvalue weighted by Gasteiger charge is -2.05. The van der Waals surface area contributed by atoms with Crippen LogP contribution in [0.25, 0.3) is 21.3 Å². The van der Waals surface area contributed by atoms with E-state index in [9.17, 15) is 9.18 Å². The SMILES string of the molecule is O=c1c2c(-c3ccccc3)csc2ncn1Cc1csc(COc2ccc(F)cc2)n1. The van der Waals surface area contributed by atoms with Crippen LogP contribution in [0.4, 0.5) is 4.39 Å². The third kappa shape index (κ3) is 4.12. The van der Waals surface area contributed by atoms with Crippen LogP contribution < -0.4 is 10.3 Å². The van der Waals surface area contributed by atoms with Gasteiger partial charge < -0.3 is 4.74 Å². The maximum absolute atomic E-state index is 13.2. The summed E-state index contributed by atoms with van der Waals surface area (Å²) in [5.74, 6) is 0.274. The van der Waals surface area contributed by atoms with Crippen LogP contribution in [-0.2, 0) is 13.2 Å². The van der Waals surface area contributed by atoms with E-state index in [1.165, 1.54) is 34.8 Å². The van der Waals surface area contributed by atoms with Crippen LogP contribution in [-0.4, -0.2) is 14.5 Å². The first-order valence-electron chi connectivity index (χ1n) is 9.51. The summed E-state index contributed by atoms with van der Waals surface area (Å²) in [7, 11) is 0. The van der Waals surface area contributed by atoms with E-state index in [-0.39, 0.29) is 18.0 Å². The predicted molar refractivity (Wildman–Crippen MR) is 121 cm³/mol. The van der Waals surface area contributed by atoms with Crippen LogP contribution in [0, 0.1) is 5.82 Å². The van der Waals surface area contributed by atoms with E-state index in [4.69, 9.17) is 4.74 Å². The number of halogens is 1. The molecule has 0 radical (unpaired) electrons. The summed E-state index contributed by atoms with van der Waals surface area (Å²) in [6, 6.07) is 15.7. The second kappa shape index (κ2) is 8.41. The molecule has 5 aromatic rings. The number of ether oxygens (including phenoxy) is 1. The second-order valence-electron chi connectivity index (χ2n) is 6.85. The summed E-state index contributed by atoms with van der Waals surface area (Å²) < 4.78 is 20.2. The molecule has 0 N–H and O–H groups in total. The first kappa shape index (κ1) is 19.6. The Hall–Kier alpha value is -3.36. The third-order valence-electron chi connectivity index (χ3n) is 4.75. The van der Waals surface area contributed by atoms with Gasteiger partial charge in [0.15, 0.2) is 0 Å². The van der Waals surface area contributed by atoms with Gasteiger partial charge in [0.2, 0.25) is 0 Å². The molecule has 0 saturated heterocycles. The summed E-state index contributed by atoms with van der Waals surface area (Å²) in [6.45, 7) is 0.615. The summed E-state index contributed by atoms with van der Waals surface area (Å²) in [5, 5.41) is 5.30. The maximum Gasteiger partial charge on any atom is 0.263 e. The molecule has 154 valence electrons. The fraction of sp³-hybridized carbons (Fsp3) is 0.0870. The average Bonchev–Trinajstić information content (AvgIpc) is 3.43. The van der Waals surface area contributed by atoms with Gasteiger partial charge in [-0.3, -0.25) is 9.36 Å². The highest BCUT2D eigenvalue weighted by Crippen LogP contribution is 2.30. The zero-order valence-electron chi connectivity index (χ0n) is 16.2. The summed E-state index contributed by atoms with van der Waals surface area (Å²) in [5.41, 5.74) is 2.59. The Bertz CT molecular complexity index is 1390. The summed E-state index contributed by atoms with van der Waals surface area (Å²) >= 11 is 2.93. The molecule has 3 aromatic heterocycles. The van der Waals surface area contributed by atoms with Crippen molar-refractivity contribution in [3.05, 3.63) is 98.6 Å². The Morgan fingerprint density at radius 2 is 1.81 bits per heavy atom. The molecule has 5 rings (SSSR count). The molecule has 0 aliphatic rings. The normalized spacial score (nSPS) is 11.1. The molecular formula is C23H16FN3O2S2. The highest BCUT2D eigenvalue weighted by molar-refractivity contribution is 7.17. The number of rotatable bonds is 6. The van der Waals surface area contributed by atoms with Gasteiger partial charge in [-0.1, -0.05) is 30.3 Å². The lowest BCUT2D eigenvalue weighted by molar-refractivity contribution is 0.305. The lowest BCUT2D eigenvalue weighted by atomic mass is 10.1. The van der Waals surface area contributed by atoms with Crippen molar-refractivity contribution in [2.75, 3.05) is 0 Å². The number of fused-ring (bicyclic) bond motifs is 1. The Morgan fingerprint density at radius 3 is 2.61 bits per heavy atom. The van der Waals surface area contributed by atoms with Gasteiger partial charge in [-0.05, 0) is 29.8 Å². The van der Waals surface area contributed by atoms with Crippen molar-refractivity contribution in [3.63, 3.8) is 0 Å². The van der Waals surface area contributed by atoms with Crippen LogP contribution >= 0.6 is 22.7 Å². The molecule has 0 unspecified atom stereocenters. The molecule has 0 fully saturated rings. The molecule has 0 aliphatic heterocycles. The van der Waals surface area contributed by atoms with Crippen LogP contribution in [0.5, 0.6) is 5.75 Å². The molecule has 8 heteroatoms. The Balaban J connectivity index is 1.37. The fourth-order valence-electron chi connectivity index (χ4n) is 3.25. The molecule has 0 bridgehead atoms. The smallest absolute Gasteiger partial charge is 0.263 e. The first-order chi connectivity index (χ1) is 15.2. The zero-order chi connectivity index (χ0) is 21.2. The molecule has 0 aliphatic carbocycles. The van der Waals surface area contributed by atoms with E-state index >= 15 is 0 Å². The standard InChI is InChI=1S/C23H16FN3O2S2/c24-16-6-8-18(9-7-16)29-11-20-26-17(12-30-20)10-27-14-25-22-21(23(27)28)19(13-31-22)15-4-2-1-3-5-15/h1-9,12-14H,10-11H2. The van der Waals surface area contributed by atoms with Gasteiger partial charge in [-0.2, -0.15) is 0 Å². The van der Waals surface area contributed by atoms with Crippen molar-refractivity contribution in [1.29, 1.82) is 0 Å². The minimum Gasteiger partial charge on any atom is -0.486 e. The van der Waals surface area contributed by atoms with Crippen LogP contribution in [0.15, 0.2) is 76.5 Å². The molecule has 3 heterocycles. The van der Waals surface area contributed by atoms with E-state index in [1.807, 2.05) is 41.1 Å². The van der Waals surface area contributed by atoms with E-state index in [0.29, 0.717) is 17.7 Å². The summed E-state index contributed by atoms with van der Waals surface area (Å²) in [6.07, 6.45) is 1.57. The molecule has 0 atom stereocenters. The molecule has 31 heavy (non-hydrogen) atoms. The second-order valence-corrected chi connectivity index (χ2v) is 8.65. The molecule has 5 nitrogen and oxygen atoms in total. The van der Waals surface area contributed by atoms with Crippen LogP contribution in [0.2, 0.25) is 0 Å². The van der Waals surface area contributed by atoms with Crippen LogP contribution in [0.1, 0.15) is 10.7 Å². The quantitative estimate of drug-likeness (QED) is 0.351. The van der Waals surface area contributed by atoms with Crippen molar-refractivity contribution in [3.8, 4) is 16.9 Å². The van der Waals surface area contributed by atoms with Crippen molar-refractivity contribution in [2.45, 2.75) is 13.2 Å². The van der Waals surface area contributed by atoms with Gasteiger partial charge in [-0.25, -0.2) is 14.4 Å². The monoisotopic (exact) mass is 449 g/mol. The van der Waals surface area contributed by atoms with E-state index in [1.54, 1.807) is 23.0 Å². The minimum atomic E-state index is -0.305. The van der Waals surface area contributed by atoms with Crippen molar-refractivity contribution < 1.29 is 9.13 Å². The Morgan fingerprint density at radius 1 is 1.00 bits per heavy atom. The highest BCUT2D eigenvalue weighted by Gasteiger charge is 2.14. The van der Waals surface area contributed by atoms with Crippen molar-refractivity contribution >= 4 is 32.9 Å². The Kier molecular flexibility index (Phi) is 5.31. The number of nitrogens with zero attached hydrogens (tertiary/aromatic N) is 3. The lowest BCUT2D eigenvalue weighted by Crippen LogP contribution is -2.21. The zero-order valence-corrected chi connectivity index (χ0v) is 17.8. The topological polar surface area (TPSA) is 57.0 Å². The molecule has 0 saturated carbocycles. The maximum atomic E-state index is 13.2. The number of hydrogen-bond acceptors (Lipinski definition) is 6. The Labute approximate surface area is 185 Å². The van der Waals surface area contributed by atoms with Gasteiger partial charge >= 0.3 is 0 Å². The van der Waals surface area contributed by atoms with Crippen molar-refractivity contribution in [2.24, 2.45) is 0 Å². The van der Waals surface area contributed by atoms with Crippen LogP contribution in [0.3, 0.4) is 0 Å². The number of thiophene rings is 1. The highest BCUT2D eigenvalue weighted by atomic mass is 32.1. The minimum absolute atomic E-state index is 0.0813. The fourth-order valence-corrected chi connectivity index (χ4v) is 4.85. The number of benzene rings is 2. The predicted octanol–water partition coefficient (Wildman–Crippen LogP) is 5.35. The summed E-state index contributed by atoms with van der Waals surface area (Å²) in [4.78, 5) is 22.9. The first-order valence-corrected chi connectivity index (χ1v) is 11.3. The van der Waals surface area contributed by atoms with Gasteiger partial charge in [0.05, 0.1) is 24.0 Å².